The van der Waals surface area contributed by atoms with Crippen molar-refractivity contribution in [2.75, 3.05) is 7.05 Å². The van der Waals surface area contributed by atoms with E-state index in [0.717, 1.165) is 9.81 Å². The maximum Gasteiger partial charge on any atom is 0.113 e. The Morgan fingerprint density at radius 1 is 1.44 bits per heavy atom. The Morgan fingerprint density at radius 2 is 1.89 bits per heavy atom. The van der Waals surface area contributed by atoms with Gasteiger partial charge in [-0.15, -0.1) is 25.3 Å². The van der Waals surface area contributed by atoms with Crippen LogP contribution in [0, 0.1) is 0 Å². The predicted octanol–water partition coefficient (Wildman–Crippen LogP) is 1.62. The fourth-order valence-electron chi connectivity index (χ4n) is 0.283. The fraction of sp³-hybridized carbons (Fsp3) is 0.400. The summed E-state index contributed by atoms with van der Waals surface area (Å²) in [4.78, 5) is 2.19. The lowest BCUT2D eigenvalue weighted by Gasteiger charge is -2.01. The molecule has 0 bridgehead atoms. The lowest BCUT2D eigenvalue weighted by Crippen LogP contribution is -2.15. The van der Waals surface area contributed by atoms with Gasteiger partial charge in [0.2, 0.25) is 0 Å². The van der Waals surface area contributed by atoms with Gasteiger partial charge in [0.15, 0.2) is 0 Å². The molecule has 0 aliphatic rings. The molecular weight excluding hydrogens is 170 g/mol. The molecule has 0 unspecified atom stereocenters. The number of thiol groups is 2. The molecule has 0 fully saturated rings. The molecule has 0 amide bonds. The number of rotatable bonds is 1. The van der Waals surface area contributed by atoms with Crippen LogP contribution < -0.4 is 5.32 Å². The van der Waals surface area contributed by atoms with Gasteiger partial charge in [0, 0.05) is 12.0 Å². The molecule has 0 saturated heterocycles. The quantitative estimate of drug-likeness (QED) is 0.321. The van der Waals surface area contributed by atoms with Crippen LogP contribution >= 0.6 is 37.5 Å². The molecule has 1 nitrogen and oxygen atoms in total. The molecule has 0 aromatic heterocycles. The van der Waals surface area contributed by atoms with Gasteiger partial charge >= 0.3 is 0 Å². The van der Waals surface area contributed by atoms with Crippen molar-refractivity contribution in [1.29, 1.82) is 0 Å². The Hall–Kier alpha value is 0.330. The number of thiocarbonyl (C=S) groups is 1. The summed E-state index contributed by atoms with van der Waals surface area (Å²) >= 11 is 13.0. The van der Waals surface area contributed by atoms with Gasteiger partial charge in [0.25, 0.3) is 0 Å². The third-order valence-electron chi connectivity index (χ3n) is 0.785. The molecule has 0 aliphatic carbocycles. The van der Waals surface area contributed by atoms with E-state index in [2.05, 4.69) is 30.6 Å². The van der Waals surface area contributed by atoms with Crippen LogP contribution in [0.15, 0.2) is 9.81 Å². The van der Waals surface area contributed by atoms with Gasteiger partial charge in [-0.2, -0.15) is 0 Å². The van der Waals surface area contributed by atoms with E-state index in [4.69, 9.17) is 12.2 Å². The average Bonchev–Trinajstić information content (AvgIpc) is 1.84. The van der Waals surface area contributed by atoms with Crippen LogP contribution in [-0.2, 0) is 0 Å². The summed E-state index contributed by atoms with van der Waals surface area (Å²) in [6.07, 6.45) is 0. The second-order valence-corrected chi connectivity index (χ2v) is 3.04. The zero-order valence-corrected chi connectivity index (χ0v) is 7.91. The van der Waals surface area contributed by atoms with Crippen molar-refractivity contribution in [1.82, 2.24) is 5.32 Å². The molecule has 0 aromatic carbocycles. The summed E-state index contributed by atoms with van der Waals surface area (Å²) in [7, 11) is 1.76. The monoisotopic (exact) mass is 179 g/mol. The standard InChI is InChI=1S/C5H9NS3/c1-3(7)4(8)5(9)6-2/h7-8H,1-2H3,(H,6,9)/b4-3-. The van der Waals surface area contributed by atoms with Crippen LogP contribution in [0.3, 0.4) is 0 Å². The SMILES string of the molecule is CNC(=S)/C(S)=C(\C)S. The third-order valence-corrected chi connectivity index (χ3v) is 2.30. The fourth-order valence-corrected chi connectivity index (χ4v) is 0.735. The van der Waals surface area contributed by atoms with Crippen molar-refractivity contribution in [3.05, 3.63) is 9.81 Å². The first kappa shape index (κ1) is 9.33. The van der Waals surface area contributed by atoms with Crippen molar-refractivity contribution in [2.45, 2.75) is 6.92 Å². The van der Waals surface area contributed by atoms with E-state index < -0.39 is 0 Å². The molecule has 52 valence electrons. The minimum absolute atomic E-state index is 0.630. The van der Waals surface area contributed by atoms with Gasteiger partial charge < -0.3 is 5.32 Å². The number of hydrogen-bond donors (Lipinski definition) is 3. The average molecular weight is 179 g/mol. The molecule has 1 N–H and O–H groups in total. The van der Waals surface area contributed by atoms with E-state index in [1.54, 1.807) is 7.05 Å². The highest BCUT2D eigenvalue weighted by atomic mass is 32.1. The first-order valence-corrected chi connectivity index (χ1v) is 3.70. The molecule has 0 spiro atoms. The highest BCUT2D eigenvalue weighted by molar-refractivity contribution is 7.92. The van der Waals surface area contributed by atoms with Crippen molar-refractivity contribution in [2.24, 2.45) is 0 Å². The molecule has 0 heterocycles. The van der Waals surface area contributed by atoms with Crippen LogP contribution in [-0.4, -0.2) is 12.0 Å². The Labute approximate surface area is 71.7 Å². The molecule has 0 atom stereocenters. The van der Waals surface area contributed by atoms with Crippen LogP contribution in [0.2, 0.25) is 0 Å². The largest absolute Gasteiger partial charge is 0.378 e. The second-order valence-electron chi connectivity index (χ2n) is 1.51. The molecule has 9 heavy (non-hydrogen) atoms. The maximum atomic E-state index is 4.86. The topological polar surface area (TPSA) is 12.0 Å². The minimum Gasteiger partial charge on any atom is -0.378 e. The summed E-state index contributed by atoms with van der Waals surface area (Å²) in [5.41, 5.74) is 0. The van der Waals surface area contributed by atoms with Gasteiger partial charge in [-0.3, -0.25) is 0 Å². The van der Waals surface area contributed by atoms with Crippen molar-refractivity contribution < 1.29 is 0 Å². The van der Waals surface area contributed by atoms with Gasteiger partial charge in [-0.05, 0) is 11.8 Å². The Bertz CT molecular complexity index is 146. The van der Waals surface area contributed by atoms with Gasteiger partial charge in [0.1, 0.15) is 4.99 Å². The normalized spacial score (nSPS) is 12.4. The van der Waals surface area contributed by atoms with Crippen molar-refractivity contribution in [3.63, 3.8) is 0 Å². The van der Waals surface area contributed by atoms with Crippen molar-refractivity contribution in [3.8, 4) is 0 Å². The number of likely N-dealkylation sites (N-methyl/N-ethyl adjacent to an activating group) is 1. The first-order chi connectivity index (χ1) is 4.09. The van der Waals surface area contributed by atoms with Gasteiger partial charge in [-0.25, -0.2) is 0 Å². The van der Waals surface area contributed by atoms with Gasteiger partial charge in [0.05, 0.1) is 0 Å². The van der Waals surface area contributed by atoms with E-state index in [9.17, 15) is 0 Å². The molecule has 0 saturated carbocycles. The summed E-state index contributed by atoms with van der Waals surface area (Å²) in [6.45, 7) is 1.84. The van der Waals surface area contributed by atoms with Crippen LogP contribution in [0.25, 0.3) is 0 Å². The van der Waals surface area contributed by atoms with E-state index in [1.165, 1.54) is 0 Å². The van der Waals surface area contributed by atoms with E-state index in [0.29, 0.717) is 4.99 Å². The molecule has 0 radical (unpaired) electrons. The van der Waals surface area contributed by atoms with Gasteiger partial charge in [-0.1, -0.05) is 12.2 Å². The number of hydrogen-bond acceptors (Lipinski definition) is 3. The molecule has 0 aromatic rings. The molecule has 0 rings (SSSR count). The Balaban J connectivity index is 4.21. The summed E-state index contributed by atoms with van der Waals surface area (Å²) in [5, 5.41) is 2.79. The second kappa shape index (κ2) is 4.19. The molecule has 4 heteroatoms. The zero-order valence-electron chi connectivity index (χ0n) is 5.30. The third kappa shape index (κ3) is 3.13. The Kier molecular flexibility index (Phi) is 4.35. The Morgan fingerprint density at radius 3 is 2.00 bits per heavy atom. The van der Waals surface area contributed by atoms with Crippen LogP contribution in [0.1, 0.15) is 6.92 Å². The van der Waals surface area contributed by atoms with Crippen LogP contribution in [0.4, 0.5) is 0 Å². The first-order valence-electron chi connectivity index (χ1n) is 2.40. The van der Waals surface area contributed by atoms with E-state index >= 15 is 0 Å². The summed E-state index contributed by atoms with van der Waals surface area (Å²) in [5.74, 6) is 0. The highest BCUT2D eigenvalue weighted by Crippen LogP contribution is 2.11. The molecule has 0 aliphatic heterocycles. The van der Waals surface area contributed by atoms with E-state index in [1.807, 2.05) is 6.92 Å². The number of nitrogens with one attached hydrogen (secondary N) is 1. The van der Waals surface area contributed by atoms with Crippen molar-refractivity contribution >= 4 is 42.5 Å². The highest BCUT2D eigenvalue weighted by Gasteiger charge is 1.97. The predicted molar refractivity (Wildman–Crippen MR) is 52.3 cm³/mol. The molecular formula is C5H9NS3. The van der Waals surface area contributed by atoms with Crippen LogP contribution in [0.5, 0.6) is 0 Å². The maximum absolute atomic E-state index is 4.86. The summed E-state index contributed by atoms with van der Waals surface area (Å²) < 4.78 is 0. The lowest BCUT2D eigenvalue weighted by molar-refractivity contribution is 1.21. The smallest absolute Gasteiger partial charge is 0.113 e. The lowest BCUT2D eigenvalue weighted by atomic mass is 10.5. The summed E-state index contributed by atoms with van der Waals surface area (Å²) in [6, 6.07) is 0. The number of allylic oxidation sites excluding steroid dienone is 1. The zero-order chi connectivity index (χ0) is 7.44. The minimum atomic E-state index is 0.630. The van der Waals surface area contributed by atoms with E-state index in [-0.39, 0.29) is 0 Å².